The molecular weight excluding hydrogens is 532 g/mol. The number of nitrogens with one attached hydrogen (secondary N) is 2. The van der Waals surface area contributed by atoms with Crippen LogP contribution < -0.4 is 5.32 Å². The monoisotopic (exact) mass is 554 g/mol. The number of hydrogen-bond acceptors (Lipinski definition) is 7. The van der Waals surface area contributed by atoms with Gasteiger partial charge in [0.15, 0.2) is 0 Å². The van der Waals surface area contributed by atoms with Crippen LogP contribution in [0, 0.1) is 10.1 Å². The minimum Gasteiger partial charge on any atom is -0.445 e. The summed E-state index contributed by atoms with van der Waals surface area (Å²) < 4.78 is 6.15. The molecular formula is C26H23ClN4O6S. The molecule has 0 spiro atoms. The van der Waals surface area contributed by atoms with Crippen LogP contribution in [0.15, 0.2) is 60.7 Å². The number of aromatic amines is 1. The van der Waals surface area contributed by atoms with Crippen molar-refractivity contribution in [2.24, 2.45) is 0 Å². The van der Waals surface area contributed by atoms with E-state index in [1.54, 1.807) is 12.1 Å². The number of carbonyl (C=O) groups is 2. The van der Waals surface area contributed by atoms with Gasteiger partial charge in [0.05, 0.1) is 28.0 Å². The minimum atomic E-state index is -0.673. The number of nitro groups is 1. The topological polar surface area (TPSA) is 138 Å². The van der Waals surface area contributed by atoms with E-state index < -0.39 is 23.1 Å². The molecule has 38 heavy (non-hydrogen) atoms. The SMILES string of the molecule is O=C(N[C@@H]1Cc2ccccc2[C@H]1N(CCO)C(=O)OCc1ccc([N+](=O)[O-])cc1)c1cc2cc(Cl)sc2[nH]1. The predicted octanol–water partition coefficient (Wildman–Crippen LogP) is 4.82. The number of benzene rings is 2. The van der Waals surface area contributed by atoms with E-state index in [4.69, 9.17) is 16.3 Å². The number of amides is 2. The van der Waals surface area contributed by atoms with E-state index in [0.29, 0.717) is 22.0 Å². The van der Waals surface area contributed by atoms with Crippen molar-refractivity contribution in [3.63, 3.8) is 0 Å². The van der Waals surface area contributed by atoms with Crippen LogP contribution in [-0.2, 0) is 17.8 Å². The van der Waals surface area contributed by atoms with Gasteiger partial charge in [-0.3, -0.25) is 19.8 Å². The molecule has 2 amide bonds. The lowest BCUT2D eigenvalue weighted by atomic mass is 10.0. The van der Waals surface area contributed by atoms with E-state index in [0.717, 1.165) is 21.3 Å². The summed E-state index contributed by atoms with van der Waals surface area (Å²) in [5.41, 5.74) is 2.74. The highest BCUT2D eigenvalue weighted by atomic mass is 35.5. The molecule has 10 nitrogen and oxygen atoms in total. The highest BCUT2D eigenvalue weighted by Gasteiger charge is 2.40. The van der Waals surface area contributed by atoms with Crippen LogP contribution in [0.1, 0.15) is 33.2 Å². The van der Waals surface area contributed by atoms with Gasteiger partial charge in [-0.25, -0.2) is 4.79 Å². The largest absolute Gasteiger partial charge is 0.445 e. The summed E-state index contributed by atoms with van der Waals surface area (Å²) in [6, 6.07) is 15.8. The van der Waals surface area contributed by atoms with Crippen molar-refractivity contribution in [3.05, 3.63) is 97.5 Å². The van der Waals surface area contributed by atoms with Crippen LogP contribution in [0.3, 0.4) is 0 Å². The fraction of sp³-hybridized carbons (Fsp3) is 0.231. The molecule has 2 heterocycles. The van der Waals surface area contributed by atoms with Gasteiger partial charge in [0.25, 0.3) is 11.6 Å². The number of aliphatic hydroxyl groups is 1. The number of H-pyrrole nitrogens is 1. The molecule has 0 saturated carbocycles. The lowest BCUT2D eigenvalue weighted by molar-refractivity contribution is -0.384. The zero-order valence-electron chi connectivity index (χ0n) is 19.9. The standard InChI is InChI=1S/C26H23ClN4O6S/c27-22-13-17-12-21(29-25(17)38-22)24(33)28-20-11-16-3-1-2-4-19(16)23(20)30(9-10-32)26(34)37-14-15-5-7-18(8-6-15)31(35)36/h1-8,12-13,20,23,29,32H,9-11,14H2,(H,28,33)/t20-,23-/m1/s1. The second-order valence-electron chi connectivity index (χ2n) is 8.84. The maximum atomic E-state index is 13.2. The number of halogens is 1. The quantitative estimate of drug-likeness (QED) is 0.211. The molecule has 1 aliphatic rings. The Morgan fingerprint density at radius 1 is 1.21 bits per heavy atom. The van der Waals surface area contributed by atoms with Gasteiger partial charge in [0.2, 0.25) is 0 Å². The summed E-state index contributed by atoms with van der Waals surface area (Å²) in [5, 5.41) is 24.5. The summed E-state index contributed by atoms with van der Waals surface area (Å²) in [7, 11) is 0. The average molecular weight is 555 g/mol. The summed E-state index contributed by atoms with van der Waals surface area (Å²) >= 11 is 7.39. The van der Waals surface area contributed by atoms with Gasteiger partial charge in [-0.05, 0) is 47.4 Å². The molecule has 12 heteroatoms. The molecule has 0 saturated heterocycles. The first-order chi connectivity index (χ1) is 18.3. The number of hydrogen-bond donors (Lipinski definition) is 3. The van der Waals surface area contributed by atoms with Gasteiger partial charge >= 0.3 is 6.09 Å². The first-order valence-corrected chi connectivity index (χ1v) is 13.0. The number of nitro benzene ring substituents is 1. The first kappa shape index (κ1) is 25.7. The van der Waals surface area contributed by atoms with Crippen molar-refractivity contribution in [2.45, 2.75) is 25.1 Å². The Balaban J connectivity index is 1.35. The number of fused-ring (bicyclic) bond motifs is 2. The second-order valence-corrected chi connectivity index (χ2v) is 10.5. The van der Waals surface area contributed by atoms with Gasteiger partial charge in [0, 0.05) is 24.1 Å². The zero-order valence-corrected chi connectivity index (χ0v) is 21.5. The van der Waals surface area contributed by atoms with Crippen molar-refractivity contribution in [1.82, 2.24) is 15.2 Å². The van der Waals surface area contributed by atoms with Crippen LogP contribution in [0.25, 0.3) is 10.2 Å². The average Bonchev–Trinajstić information content (AvgIpc) is 3.56. The normalized spacial score (nSPS) is 16.3. The lowest BCUT2D eigenvalue weighted by Crippen LogP contribution is -2.47. The first-order valence-electron chi connectivity index (χ1n) is 11.8. The summed E-state index contributed by atoms with van der Waals surface area (Å²) in [5.74, 6) is -0.324. The number of thiophene rings is 1. The van der Waals surface area contributed by atoms with E-state index >= 15 is 0 Å². The highest BCUT2D eigenvalue weighted by Crippen LogP contribution is 2.37. The number of nitrogens with zero attached hydrogens (tertiary/aromatic N) is 2. The van der Waals surface area contributed by atoms with Crippen LogP contribution in [0.5, 0.6) is 0 Å². The molecule has 2 aromatic carbocycles. The van der Waals surface area contributed by atoms with Gasteiger partial charge in [0.1, 0.15) is 17.1 Å². The van der Waals surface area contributed by atoms with Crippen molar-refractivity contribution >= 4 is 50.8 Å². The molecule has 1 aliphatic carbocycles. The second kappa shape index (κ2) is 10.8. The van der Waals surface area contributed by atoms with E-state index in [1.165, 1.54) is 40.5 Å². The van der Waals surface area contributed by atoms with Crippen LogP contribution in [0.2, 0.25) is 4.34 Å². The predicted molar refractivity (Wildman–Crippen MR) is 142 cm³/mol. The fourth-order valence-electron chi connectivity index (χ4n) is 4.74. The third kappa shape index (κ3) is 5.21. The third-order valence-electron chi connectivity index (χ3n) is 6.46. The Bertz CT molecular complexity index is 1470. The molecule has 0 unspecified atom stereocenters. The maximum Gasteiger partial charge on any atom is 0.410 e. The molecule has 196 valence electrons. The molecule has 3 N–H and O–H groups in total. The molecule has 5 rings (SSSR count). The Hall–Kier alpha value is -3.93. The number of aromatic nitrogens is 1. The fourth-order valence-corrected chi connectivity index (χ4v) is 5.87. The molecule has 0 radical (unpaired) electrons. The molecule has 2 aromatic heterocycles. The minimum absolute atomic E-state index is 0.0127. The molecule has 4 aromatic rings. The molecule has 0 bridgehead atoms. The summed E-state index contributed by atoms with van der Waals surface area (Å²) in [6.07, 6.45) is -0.182. The van der Waals surface area contributed by atoms with E-state index in [2.05, 4.69) is 10.3 Å². The van der Waals surface area contributed by atoms with Crippen molar-refractivity contribution in [2.75, 3.05) is 13.2 Å². The number of aliphatic hydroxyl groups excluding tert-OH is 1. The Labute approximate surface area is 225 Å². The highest BCUT2D eigenvalue weighted by molar-refractivity contribution is 7.22. The number of ether oxygens (including phenoxy) is 1. The zero-order chi connectivity index (χ0) is 26.8. The lowest BCUT2D eigenvalue weighted by Gasteiger charge is -2.33. The van der Waals surface area contributed by atoms with Crippen molar-refractivity contribution in [3.8, 4) is 0 Å². The van der Waals surface area contributed by atoms with E-state index in [9.17, 15) is 24.8 Å². The molecule has 0 fully saturated rings. The third-order valence-corrected chi connectivity index (χ3v) is 7.65. The Morgan fingerprint density at radius 3 is 2.68 bits per heavy atom. The van der Waals surface area contributed by atoms with Gasteiger partial charge in [-0.1, -0.05) is 35.9 Å². The van der Waals surface area contributed by atoms with Crippen molar-refractivity contribution < 1.29 is 24.4 Å². The number of non-ortho nitro benzene ring substituents is 1. The van der Waals surface area contributed by atoms with Gasteiger partial charge < -0.3 is 20.1 Å². The van der Waals surface area contributed by atoms with Crippen LogP contribution >= 0.6 is 22.9 Å². The van der Waals surface area contributed by atoms with Crippen LogP contribution in [-0.4, -0.2) is 51.1 Å². The summed E-state index contributed by atoms with van der Waals surface area (Å²) in [4.78, 5) is 42.1. The number of rotatable bonds is 8. The molecule has 0 aliphatic heterocycles. The van der Waals surface area contributed by atoms with Gasteiger partial charge in [-0.15, -0.1) is 11.3 Å². The smallest absolute Gasteiger partial charge is 0.410 e. The van der Waals surface area contributed by atoms with Crippen molar-refractivity contribution in [1.29, 1.82) is 0 Å². The maximum absolute atomic E-state index is 13.2. The van der Waals surface area contributed by atoms with Gasteiger partial charge in [-0.2, -0.15) is 0 Å². The van der Waals surface area contributed by atoms with E-state index in [-0.39, 0.29) is 31.4 Å². The number of carbonyl (C=O) groups excluding carboxylic acids is 2. The Morgan fingerprint density at radius 2 is 1.97 bits per heavy atom. The summed E-state index contributed by atoms with van der Waals surface area (Å²) in [6.45, 7) is -0.424. The molecule has 2 atom stereocenters. The van der Waals surface area contributed by atoms with E-state index in [1.807, 2.05) is 24.3 Å². The Kier molecular flexibility index (Phi) is 7.32. The van der Waals surface area contributed by atoms with Crippen LogP contribution in [0.4, 0.5) is 10.5 Å².